The van der Waals surface area contributed by atoms with E-state index in [0.717, 1.165) is 12.8 Å². The zero-order valence-electron chi connectivity index (χ0n) is 15.8. The smallest absolute Gasteiger partial charge is 0.345 e. The highest BCUT2D eigenvalue weighted by molar-refractivity contribution is 5.96. The fraction of sp³-hybridized carbons (Fsp3) is 0.200. The lowest BCUT2D eigenvalue weighted by Crippen LogP contribution is -2.14. The van der Waals surface area contributed by atoms with Crippen LogP contribution in [0.5, 0.6) is 0 Å². The summed E-state index contributed by atoms with van der Waals surface area (Å²) in [6.45, 7) is 0. The molecular weight excluding hydrogens is 348 g/mol. The molecule has 0 aliphatic heterocycles. The Bertz CT molecular complexity index is 873. The van der Waals surface area contributed by atoms with E-state index in [1.165, 1.54) is 11.1 Å². The van der Waals surface area contributed by atoms with E-state index in [1.54, 1.807) is 24.3 Å². The summed E-state index contributed by atoms with van der Waals surface area (Å²) in [7, 11) is 0. The Morgan fingerprint density at radius 1 is 0.714 bits per heavy atom. The van der Waals surface area contributed by atoms with Gasteiger partial charge in [-0.15, -0.1) is 0 Å². The van der Waals surface area contributed by atoms with E-state index in [2.05, 4.69) is 24.3 Å². The van der Waals surface area contributed by atoms with Crippen molar-refractivity contribution < 1.29 is 14.3 Å². The number of ether oxygens (including phenoxy) is 1. The molecule has 1 unspecified atom stereocenters. The van der Waals surface area contributed by atoms with Crippen LogP contribution in [0.1, 0.15) is 46.7 Å². The Labute approximate surface area is 166 Å². The molecule has 3 nitrogen and oxygen atoms in total. The minimum Gasteiger partial charge on any atom is -0.389 e. The van der Waals surface area contributed by atoms with Crippen molar-refractivity contribution in [2.45, 2.75) is 31.6 Å². The Morgan fingerprint density at radius 3 is 1.93 bits per heavy atom. The maximum atomic E-state index is 12.2. The van der Waals surface area contributed by atoms with Crippen molar-refractivity contribution in [1.82, 2.24) is 0 Å². The number of hydrogen-bond donors (Lipinski definition) is 0. The van der Waals surface area contributed by atoms with Gasteiger partial charge in [-0.3, -0.25) is 4.79 Å². The zero-order chi connectivity index (χ0) is 19.6. The third-order valence-corrected chi connectivity index (χ3v) is 4.81. The van der Waals surface area contributed by atoms with Gasteiger partial charge in [-0.25, -0.2) is 4.79 Å². The molecule has 0 bridgehead atoms. The van der Waals surface area contributed by atoms with Crippen LogP contribution < -0.4 is 0 Å². The van der Waals surface area contributed by atoms with Gasteiger partial charge in [0.1, 0.15) is 0 Å². The van der Waals surface area contributed by atoms with Gasteiger partial charge in [0.2, 0.25) is 0 Å². The summed E-state index contributed by atoms with van der Waals surface area (Å²) in [6, 6.07) is 29.1. The second-order valence-corrected chi connectivity index (χ2v) is 6.80. The van der Waals surface area contributed by atoms with Gasteiger partial charge in [0, 0.05) is 6.42 Å². The molecule has 0 fully saturated rings. The van der Waals surface area contributed by atoms with E-state index in [-0.39, 0.29) is 12.3 Å². The topological polar surface area (TPSA) is 43.4 Å². The first-order chi connectivity index (χ1) is 13.7. The Kier molecular flexibility index (Phi) is 7.14. The Balaban J connectivity index is 1.58. The lowest BCUT2D eigenvalue weighted by molar-refractivity contribution is -0.138. The first-order valence-corrected chi connectivity index (χ1v) is 9.61. The van der Waals surface area contributed by atoms with E-state index in [1.807, 2.05) is 42.5 Å². The average Bonchev–Trinajstić information content (AvgIpc) is 2.75. The van der Waals surface area contributed by atoms with Gasteiger partial charge in [0.25, 0.3) is 0 Å². The maximum Gasteiger partial charge on any atom is 0.345 e. The third-order valence-electron chi connectivity index (χ3n) is 4.81. The highest BCUT2D eigenvalue weighted by Gasteiger charge is 2.17. The summed E-state index contributed by atoms with van der Waals surface area (Å²) in [6.07, 6.45) is 2.75. The molecule has 0 saturated heterocycles. The van der Waals surface area contributed by atoms with Gasteiger partial charge in [0.05, 0.1) is 5.56 Å². The van der Waals surface area contributed by atoms with Crippen LogP contribution in [0.15, 0.2) is 91.0 Å². The van der Waals surface area contributed by atoms with E-state index in [9.17, 15) is 9.59 Å². The number of carbonyl (C=O) groups is 2. The molecule has 0 spiro atoms. The molecule has 1 atom stereocenters. The van der Waals surface area contributed by atoms with Crippen LogP contribution in [0, 0.1) is 0 Å². The Morgan fingerprint density at radius 2 is 1.29 bits per heavy atom. The summed E-state index contributed by atoms with van der Waals surface area (Å²) in [5, 5.41) is 0. The van der Waals surface area contributed by atoms with Crippen LogP contribution in [-0.4, -0.2) is 11.9 Å². The molecule has 0 aromatic heterocycles. The molecule has 28 heavy (non-hydrogen) atoms. The van der Waals surface area contributed by atoms with Gasteiger partial charge < -0.3 is 4.74 Å². The lowest BCUT2D eigenvalue weighted by atomic mass is 9.88. The van der Waals surface area contributed by atoms with Gasteiger partial charge >= 0.3 is 11.9 Å². The van der Waals surface area contributed by atoms with Crippen molar-refractivity contribution in [2.24, 2.45) is 0 Å². The normalized spacial score (nSPS) is 11.6. The highest BCUT2D eigenvalue weighted by atomic mass is 16.6. The molecule has 3 rings (SSSR count). The Hall–Kier alpha value is -3.20. The van der Waals surface area contributed by atoms with Crippen molar-refractivity contribution in [3.8, 4) is 0 Å². The number of aryl methyl sites for hydroxylation is 1. The van der Waals surface area contributed by atoms with Crippen LogP contribution in [-0.2, 0) is 16.0 Å². The van der Waals surface area contributed by atoms with Crippen LogP contribution >= 0.6 is 0 Å². The largest absolute Gasteiger partial charge is 0.389 e. The number of esters is 2. The molecule has 3 heteroatoms. The van der Waals surface area contributed by atoms with Gasteiger partial charge in [-0.1, -0.05) is 78.9 Å². The molecule has 0 saturated carbocycles. The van der Waals surface area contributed by atoms with Crippen molar-refractivity contribution in [1.29, 1.82) is 0 Å². The minimum atomic E-state index is -0.592. The number of hydrogen-bond acceptors (Lipinski definition) is 3. The molecule has 0 aliphatic rings. The van der Waals surface area contributed by atoms with Crippen LogP contribution in [0.4, 0.5) is 0 Å². The summed E-state index contributed by atoms with van der Waals surface area (Å²) in [5.41, 5.74) is 2.88. The predicted octanol–water partition coefficient (Wildman–Crippen LogP) is 5.57. The van der Waals surface area contributed by atoms with Gasteiger partial charge in [-0.2, -0.15) is 0 Å². The monoisotopic (exact) mass is 372 g/mol. The summed E-state index contributed by atoms with van der Waals surface area (Å²) >= 11 is 0. The van der Waals surface area contributed by atoms with Crippen molar-refractivity contribution >= 4 is 11.9 Å². The van der Waals surface area contributed by atoms with Crippen molar-refractivity contribution in [3.63, 3.8) is 0 Å². The van der Waals surface area contributed by atoms with E-state index < -0.39 is 11.9 Å². The summed E-state index contributed by atoms with van der Waals surface area (Å²) < 4.78 is 5.01. The molecule has 0 heterocycles. The second-order valence-electron chi connectivity index (χ2n) is 6.80. The number of rotatable bonds is 8. The second kappa shape index (κ2) is 10.2. The van der Waals surface area contributed by atoms with Crippen molar-refractivity contribution in [2.75, 3.05) is 0 Å². The molecular formula is C25H24O3. The molecule has 0 amide bonds. The first-order valence-electron chi connectivity index (χ1n) is 9.61. The lowest BCUT2D eigenvalue weighted by Gasteiger charge is -2.17. The van der Waals surface area contributed by atoms with E-state index >= 15 is 0 Å². The average molecular weight is 372 g/mol. The highest BCUT2D eigenvalue weighted by Crippen LogP contribution is 2.27. The third kappa shape index (κ3) is 5.92. The predicted molar refractivity (Wildman–Crippen MR) is 110 cm³/mol. The fourth-order valence-corrected chi connectivity index (χ4v) is 3.27. The number of benzene rings is 3. The molecule has 3 aromatic rings. The maximum absolute atomic E-state index is 12.2. The molecule has 0 radical (unpaired) electrons. The van der Waals surface area contributed by atoms with Crippen molar-refractivity contribution in [3.05, 3.63) is 108 Å². The van der Waals surface area contributed by atoms with Gasteiger partial charge in [-0.05, 0) is 48.4 Å². The summed E-state index contributed by atoms with van der Waals surface area (Å²) in [5.74, 6) is -0.832. The molecule has 142 valence electrons. The quantitative estimate of drug-likeness (QED) is 0.384. The SMILES string of the molecule is O=C(CCC(CCc1ccccc1)c1ccccc1)OC(=O)c1ccccc1. The number of carbonyl (C=O) groups excluding carboxylic acids is 2. The van der Waals surface area contributed by atoms with E-state index in [0.29, 0.717) is 12.0 Å². The van der Waals surface area contributed by atoms with Crippen LogP contribution in [0.25, 0.3) is 0 Å². The standard InChI is InChI=1S/C25H24O3/c26-24(28-25(27)23-14-8-3-9-15-23)19-18-22(21-12-6-2-7-13-21)17-16-20-10-4-1-5-11-20/h1-15,22H,16-19H2. The summed E-state index contributed by atoms with van der Waals surface area (Å²) in [4.78, 5) is 24.2. The first kappa shape index (κ1) is 19.6. The molecule has 0 N–H and O–H groups in total. The van der Waals surface area contributed by atoms with Gasteiger partial charge in [0.15, 0.2) is 0 Å². The van der Waals surface area contributed by atoms with Crippen LogP contribution in [0.3, 0.4) is 0 Å². The fourth-order valence-electron chi connectivity index (χ4n) is 3.27. The van der Waals surface area contributed by atoms with E-state index in [4.69, 9.17) is 4.74 Å². The molecule has 0 aliphatic carbocycles. The molecule has 3 aromatic carbocycles. The van der Waals surface area contributed by atoms with Crippen LogP contribution in [0.2, 0.25) is 0 Å². The minimum absolute atomic E-state index is 0.215. The zero-order valence-corrected chi connectivity index (χ0v) is 15.8.